The largest absolute Gasteiger partial charge is 0.312 e. The van der Waals surface area contributed by atoms with Crippen LogP contribution in [0.25, 0.3) is 0 Å². The van der Waals surface area contributed by atoms with Crippen LogP contribution in [0.2, 0.25) is 0 Å². The molecule has 0 bridgehead atoms. The zero-order valence-corrected chi connectivity index (χ0v) is 11.6. The lowest BCUT2D eigenvalue weighted by Crippen LogP contribution is -2.24. The first-order valence-corrected chi connectivity index (χ1v) is 7.68. The van der Waals surface area contributed by atoms with E-state index in [0.29, 0.717) is 0 Å². The molecular weight excluding hydrogens is 228 g/mol. The van der Waals surface area contributed by atoms with Gasteiger partial charge in [-0.15, -0.1) is 0 Å². The fourth-order valence-electron chi connectivity index (χ4n) is 2.27. The van der Waals surface area contributed by atoms with Crippen molar-refractivity contribution in [3.63, 3.8) is 0 Å². The van der Waals surface area contributed by atoms with Crippen molar-refractivity contribution in [3.05, 3.63) is 34.9 Å². The van der Waals surface area contributed by atoms with Gasteiger partial charge in [-0.05, 0) is 43.0 Å². The molecule has 0 saturated carbocycles. The number of nitrogens with zero attached hydrogens (tertiary/aromatic N) is 1. The van der Waals surface area contributed by atoms with E-state index in [1.807, 2.05) is 11.8 Å². The van der Waals surface area contributed by atoms with Crippen LogP contribution in [0.15, 0.2) is 18.2 Å². The van der Waals surface area contributed by atoms with E-state index in [1.165, 1.54) is 28.9 Å². The quantitative estimate of drug-likeness (QED) is 0.862. The van der Waals surface area contributed by atoms with Crippen molar-refractivity contribution in [2.75, 3.05) is 32.1 Å². The topological polar surface area (TPSA) is 15.3 Å². The lowest BCUT2D eigenvalue weighted by atomic mass is 9.98. The van der Waals surface area contributed by atoms with Gasteiger partial charge in [0.05, 0.1) is 0 Å². The highest BCUT2D eigenvalue weighted by Gasteiger charge is 2.09. The summed E-state index contributed by atoms with van der Waals surface area (Å²) in [5, 5.41) is 3.44. The number of fused-ring (bicyclic) bond motifs is 1. The van der Waals surface area contributed by atoms with E-state index < -0.39 is 0 Å². The molecule has 0 saturated heterocycles. The van der Waals surface area contributed by atoms with E-state index in [-0.39, 0.29) is 0 Å². The van der Waals surface area contributed by atoms with Crippen molar-refractivity contribution < 1.29 is 0 Å². The van der Waals surface area contributed by atoms with E-state index >= 15 is 0 Å². The summed E-state index contributed by atoms with van der Waals surface area (Å²) in [5.41, 5.74) is 4.46. The summed E-state index contributed by atoms with van der Waals surface area (Å²) in [6.45, 7) is 4.39. The molecule has 0 fully saturated rings. The van der Waals surface area contributed by atoms with Crippen LogP contribution in [0.5, 0.6) is 0 Å². The first kappa shape index (κ1) is 12.9. The summed E-state index contributed by atoms with van der Waals surface area (Å²) in [5.74, 6) is 1.21. The van der Waals surface area contributed by atoms with Crippen LogP contribution >= 0.6 is 11.8 Å². The molecule has 1 aliphatic heterocycles. The van der Waals surface area contributed by atoms with Gasteiger partial charge < -0.3 is 10.2 Å². The molecule has 1 heterocycles. The molecule has 1 aromatic carbocycles. The van der Waals surface area contributed by atoms with Crippen molar-refractivity contribution >= 4 is 11.8 Å². The van der Waals surface area contributed by atoms with Gasteiger partial charge in [-0.3, -0.25) is 0 Å². The maximum atomic E-state index is 3.44. The third kappa shape index (κ3) is 3.73. The van der Waals surface area contributed by atoms with Crippen molar-refractivity contribution in [1.29, 1.82) is 0 Å². The molecule has 2 nitrogen and oxygen atoms in total. The Morgan fingerprint density at radius 2 is 2.24 bits per heavy atom. The molecule has 1 aromatic rings. The highest BCUT2D eigenvalue weighted by atomic mass is 32.2. The molecular formula is C14H22N2S. The summed E-state index contributed by atoms with van der Waals surface area (Å²) in [6, 6.07) is 6.98. The molecule has 0 aromatic heterocycles. The Bertz CT molecular complexity index is 365. The van der Waals surface area contributed by atoms with E-state index in [4.69, 9.17) is 0 Å². The first-order chi connectivity index (χ1) is 8.29. The van der Waals surface area contributed by atoms with E-state index in [9.17, 15) is 0 Å². The Morgan fingerprint density at radius 3 is 3.06 bits per heavy atom. The van der Waals surface area contributed by atoms with E-state index in [1.54, 1.807) is 0 Å². The van der Waals surface area contributed by atoms with Crippen LogP contribution in [-0.4, -0.2) is 37.0 Å². The van der Waals surface area contributed by atoms with Crippen molar-refractivity contribution in [2.45, 2.75) is 19.5 Å². The summed E-state index contributed by atoms with van der Waals surface area (Å²) in [4.78, 5) is 2.40. The molecule has 0 atom stereocenters. The molecule has 0 spiro atoms. The van der Waals surface area contributed by atoms with Gasteiger partial charge in [-0.25, -0.2) is 0 Å². The van der Waals surface area contributed by atoms with E-state index in [2.05, 4.69) is 41.7 Å². The SMILES string of the molecule is CSCCN(C)Cc1ccc2c(c1)CNCC2. The summed E-state index contributed by atoms with van der Waals surface area (Å²) in [7, 11) is 2.20. The first-order valence-electron chi connectivity index (χ1n) is 6.28. The number of hydrogen-bond acceptors (Lipinski definition) is 3. The van der Waals surface area contributed by atoms with Crippen LogP contribution in [0, 0.1) is 0 Å². The zero-order chi connectivity index (χ0) is 12.1. The van der Waals surface area contributed by atoms with Crippen LogP contribution in [0.4, 0.5) is 0 Å². The minimum Gasteiger partial charge on any atom is -0.312 e. The van der Waals surface area contributed by atoms with Gasteiger partial charge in [0.2, 0.25) is 0 Å². The minimum atomic E-state index is 1.04. The molecule has 1 N–H and O–H groups in total. The lowest BCUT2D eigenvalue weighted by molar-refractivity contribution is 0.348. The Balaban J connectivity index is 1.97. The van der Waals surface area contributed by atoms with Crippen LogP contribution in [-0.2, 0) is 19.5 Å². The Labute approximate surface area is 109 Å². The predicted octanol–water partition coefficient (Wildman–Crippen LogP) is 2.13. The zero-order valence-electron chi connectivity index (χ0n) is 10.8. The highest BCUT2D eigenvalue weighted by Crippen LogP contribution is 2.16. The normalized spacial score (nSPS) is 15.0. The second kappa shape index (κ2) is 6.43. The van der Waals surface area contributed by atoms with Crippen molar-refractivity contribution in [2.24, 2.45) is 0 Å². The van der Waals surface area contributed by atoms with Crippen LogP contribution in [0.1, 0.15) is 16.7 Å². The standard InChI is InChI=1S/C14H22N2S/c1-16(7-8-17-2)11-12-3-4-13-5-6-15-10-14(13)9-12/h3-4,9,15H,5-8,10-11H2,1-2H3. The Morgan fingerprint density at radius 1 is 1.35 bits per heavy atom. The van der Waals surface area contributed by atoms with Gasteiger partial charge in [0.15, 0.2) is 0 Å². The van der Waals surface area contributed by atoms with Gasteiger partial charge in [-0.1, -0.05) is 18.2 Å². The van der Waals surface area contributed by atoms with Gasteiger partial charge >= 0.3 is 0 Å². The highest BCUT2D eigenvalue weighted by molar-refractivity contribution is 7.98. The molecule has 3 heteroatoms. The average Bonchev–Trinajstić information content (AvgIpc) is 2.36. The molecule has 0 radical (unpaired) electrons. The smallest absolute Gasteiger partial charge is 0.0231 e. The van der Waals surface area contributed by atoms with Gasteiger partial charge in [0.25, 0.3) is 0 Å². The maximum Gasteiger partial charge on any atom is 0.0231 e. The number of rotatable bonds is 5. The lowest BCUT2D eigenvalue weighted by Gasteiger charge is -2.20. The van der Waals surface area contributed by atoms with Crippen molar-refractivity contribution in [1.82, 2.24) is 10.2 Å². The Hall–Kier alpha value is -0.510. The van der Waals surface area contributed by atoms with Gasteiger partial charge in [0, 0.05) is 25.4 Å². The Kier molecular flexibility index (Phi) is 4.89. The number of hydrogen-bond donors (Lipinski definition) is 1. The molecule has 94 valence electrons. The van der Waals surface area contributed by atoms with Crippen LogP contribution in [0.3, 0.4) is 0 Å². The van der Waals surface area contributed by atoms with E-state index in [0.717, 1.165) is 26.2 Å². The van der Waals surface area contributed by atoms with Crippen LogP contribution < -0.4 is 5.32 Å². The molecule has 0 aliphatic carbocycles. The molecule has 1 aliphatic rings. The second-order valence-electron chi connectivity index (χ2n) is 4.76. The van der Waals surface area contributed by atoms with Gasteiger partial charge in [0.1, 0.15) is 0 Å². The maximum absolute atomic E-state index is 3.44. The third-order valence-corrected chi connectivity index (χ3v) is 3.88. The fourth-order valence-corrected chi connectivity index (χ4v) is 2.76. The number of benzene rings is 1. The second-order valence-corrected chi connectivity index (χ2v) is 5.75. The number of thioether (sulfide) groups is 1. The summed E-state index contributed by atoms with van der Waals surface area (Å²) < 4.78 is 0. The van der Waals surface area contributed by atoms with Gasteiger partial charge in [-0.2, -0.15) is 11.8 Å². The fraction of sp³-hybridized carbons (Fsp3) is 0.571. The number of nitrogens with one attached hydrogen (secondary N) is 1. The monoisotopic (exact) mass is 250 g/mol. The molecule has 17 heavy (non-hydrogen) atoms. The van der Waals surface area contributed by atoms with Crippen molar-refractivity contribution in [3.8, 4) is 0 Å². The molecule has 0 unspecified atom stereocenters. The summed E-state index contributed by atoms with van der Waals surface area (Å²) in [6.07, 6.45) is 3.34. The summed E-state index contributed by atoms with van der Waals surface area (Å²) >= 11 is 1.91. The predicted molar refractivity (Wildman–Crippen MR) is 76.6 cm³/mol. The average molecular weight is 250 g/mol. The minimum absolute atomic E-state index is 1.04. The third-order valence-electron chi connectivity index (χ3n) is 3.29. The molecule has 0 amide bonds. The molecule has 2 rings (SSSR count).